The standard InChI is InChI=1S/C25H21N3O4S/c1-15-20(27-23(32-15)16-5-3-2-4-6-16)10-12-31-22-8-7-17(19-14-26-11-9-18(19)22)13-21-24(29)33-25(30)28-21/h2-9,11,14,21H,10,12-13H2,1H3,(H,28,30). The zero-order chi connectivity index (χ0) is 22.8. The average Bonchev–Trinajstić information content (AvgIpc) is 3.36. The molecule has 8 heteroatoms. The molecule has 2 aromatic carbocycles. The number of benzene rings is 2. The largest absolute Gasteiger partial charge is 0.493 e. The molecule has 166 valence electrons. The fourth-order valence-electron chi connectivity index (χ4n) is 3.89. The normalized spacial score (nSPS) is 15.7. The predicted molar refractivity (Wildman–Crippen MR) is 126 cm³/mol. The lowest BCUT2D eigenvalue weighted by Crippen LogP contribution is -2.30. The number of thioether (sulfide) groups is 1. The molecule has 1 atom stereocenters. The Morgan fingerprint density at radius 2 is 1.94 bits per heavy atom. The van der Waals surface area contributed by atoms with Gasteiger partial charge in [0.25, 0.3) is 5.24 Å². The zero-order valence-corrected chi connectivity index (χ0v) is 18.7. The highest BCUT2D eigenvalue weighted by molar-refractivity contribution is 8.26. The lowest BCUT2D eigenvalue weighted by atomic mass is 10.00. The molecule has 0 aliphatic carbocycles. The topological polar surface area (TPSA) is 94.3 Å². The highest BCUT2D eigenvalue weighted by Gasteiger charge is 2.31. The van der Waals surface area contributed by atoms with Gasteiger partial charge in [0.05, 0.1) is 12.3 Å². The maximum absolute atomic E-state index is 12.0. The van der Waals surface area contributed by atoms with Crippen LogP contribution in [0.2, 0.25) is 0 Å². The van der Waals surface area contributed by atoms with Crippen LogP contribution in [0.3, 0.4) is 0 Å². The molecule has 33 heavy (non-hydrogen) atoms. The second-order valence-electron chi connectivity index (χ2n) is 7.74. The number of amides is 1. The second-order valence-corrected chi connectivity index (χ2v) is 8.72. The van der Waals surface area contributed by atoms with E-state index in [-0.39, 0.29) is 10.4 Å². The summed E-state index contributed by atoms with van der Waals surface area (Å²) in [7, 11) is 0. The van der Waals surface area contributed by atoms with Crippen molar-refractivity contribution >= 4 is 32.9 Å². The molecule has 3 heterocycles. The Kier molecular flexibility index (Phi) is 5.83. The minimum Gasteiger partial charge on any atom is -0.493 e. The van der Waals surface area contributed by atoms with Crippen LogP contribution in [-0.2, 0) is 17.6 Å². The smallest absolute Gasteiger partial charge is 0.287 e. The first-order valence-electron chi connectivity index (χ1n) is 10.6. The Morgan fingerprint density at radius 1 is 1.09 bits per heavy atom. The van der Waals surface area contributed by atoms with Crippen LogP contribution in [0.1, 0.15) is 17.0 Å². The first-order valence-corrected chi connectivity index (χ1v) is 11.4. The number of hydrogen-bond acceptors (Lipinski definition) is 7. The molecule has 1 N–H and O–H groups in total. The first-order chi connectivity index (χ1) is 16.1. The molecule has 7 nitrogen and oxygen atoms in total. The van der Waals surface area contributed by atoms with Crippen LogP contribution in [-0.4, -0.2) is 33.0 Å². The monoisotopic (exact) mass is 459 g/mol. The summed E-state index contributed by atoms with van der Waals surface area (Å²) in [5, 5.41) is 4.06. The van der Waals surface area contributed by atoms with Crippen LogP contribution in [0.4, 0.5) is 4.79 Å². The number of fused-ring (bicyclic) bond motifs is 1. The van der Waals surface area contributed by atoms with Gasteiger partial charge in [-0.25, -0.2) is 4.98 Å². The van der Waals surface area contributed by atoms with Crippen LogP contribution >= 0.6 is 11.8 Å². The van der Waals surface area contributed by atoms with Crippen molar-refractivity contribution in [2.45, 2.75) is 25.8 Å². The maximum Gasteiger partial charge on any atom is 0.287 e. The molecule has 1 unspecified atom stereocenters. The number of carbonyl (C=O) groups is 2. The SMILES string of the molecule is Cc1oc(-c2ccccc2)nc1CCOc1ccc(CC2NC(=O)SC2=O)c2cnccc12. The van der Waals surface area contributed by atoms with Gasteiger partial charge in [0.15, 0.2) is 0 Å². The fraction of sp³-hybridized carbons (Fsp3) is 0.200. The van der Waals surface area contributed by atoms with Gasteiger partial charge >= 0.3 is 0 Å². The van der Waals surface area contributed by atoms with Gasteiger partial charge in [-0.15, -0.1) is 0 Å². The number of oxazole rings is 1. The Bertz CT molecular complexity index is 1340. The van der Waals surface area contributed by atoms with E-state index in [9.17, 15) is 9.59 Å². The van der Waals surface area contributed by atoms with E-state index in [1.54, 1.807) is 12.4 Å². The molecule has 0 bridgehead atoms. The quantitative estimate of drug-likeness (QED) is 0.428. The van der Waals surface area contributed by atoms with E-state index in [4.69, 9.17) is 9.15 Å². The van der Waals surface area contributed by atoms with Crippen molar-refractivity contribution in [3.05, 3.63) is 77.9 Å². The zero-order valence-electron chi connectivity index (χ0n) is 17.9. The number of aromatic nitrogens is 2. The van der Waals surface area contributed by atoms with Crippen molar-refractivity contribution in [3.63, 3.8) is 0 Å². The third-order valence-corrected chi connectivity index (χ3v) is 6.36. The lowest BCUT2D eigenvalue weighted by molar-refractivity contribution is -0.112. The van der Waals surface area contributed by atoms with Gasteiger partial charge < -0.3 is 14.5 Å². The Hall–Kier alpha value is -3.65. The number of rotatable bonds is 7. The molecule has 1 amide bonds. The number of aryl methyl sites for hydroxylation is 1. The minimum absolute atomic E-state index is 0.157. The second kappa shape index (κ2) is 9.07. The Morgan fingerprint density at radius 3 is 2.73 bits per heavy atom. The molecule has 4 aromatic rings. The van der Waals surface area contributed by atoms with Gasteiger partial charge in [-0.2, -0.15) is 0 Å². The number of carbonyl (C=O) groups excluding carboxylic acids is 2. The van der Waals surface area contributed by atoms with Gasteiger partial charge in [-0.05, 0) is 36.8 Å². The third-order valence-electron chi connectivity index (χ3n) is 5.57. The molecule has 0 saturated carbocycles. The fourth-order valence-corrected chi connectivity index (χ4v) is 4.56. The van der Waals surface area contributed by atoms with Crippen molar-refractivity contribution in [2.24, 2.45) is 0 Å². The molecule has 2 aromatic heterocycles. The number of pyridine rings is 1. The van der Waals surface area contributed by atoms with Crippen LogP contribution in [0, 0.1) is 6.92 Å². The van der Waals surface area contributed by atoms with E-state index >= 15 is 0 Å². The summed E-state index contributed by atoms with van der Waals surface area (Å²) in [6.45, 7) is 2.35. The lowest BCUT2D eigenvalue weighted by Gasteiger charge is -2.14. The summed E-state index contributed by atoms with van der Waals surface area (Å²) in [5.74, 6) is 2.12. The maximum atomic E-state index is 12.0. The van der Waals surface area contributed by atoms with E-state index in [2.05, 4.69) is 15.3 Å². The summed E-state index contributed by atoms with van der Waals surface area (Å²) >= 11 is 0.724. The molecular formula is C25H21N3O4S. The summed E-state index contributed by atoms with van der Waals surface area (Å²) in [6.07, 6.45) is 4.50. The predicted octanol–water partition coefficient (Wildman–Crippen LogP) is 4.71. The van der Waals surface area contributed by atoms with E-state index in [0.29, 0.717) is 25.3 Å². The Balaban J connectivity index is 1.31. The Labute approximate surface area is 194 Å². The molecule has 5 rings (SSSR count). The summed E-state index contributed by atoms with van der Waals surface area (Å²) < 4.78 is 11.9. The first kappa shape index (κ1) is 21.2. The molecule has 0 spiro atoms. The average molecular weight is 460 g/mol. The summed E-state index contributed by atoms with van der Waals surface area (Å²) in [5.41, 5.74) is 2.74. The molecular weight excluding hydrogens is 438 g/mol. The molecule has 1 aliphatic rings. The number of nitrogens with one attached hydrogen (secondary N) is 1. The van der Waals surface area contributed by atoms with Gasteiger partial charge in [0.1, 0.15) is 17.6 Å². The van der Waals surface area contributed by atoms with E-state index in [1.165, 1.54) is 0 Å². The number of nitrogens with zero attached hydrogens (tertiary/aromatic N) is 2. The van der Waals surface area contributed by atoms with Crippen LogP contribution in [0.25, 0.3) is 22.2 Å². The highest BCUT2D eigenvalue weighted by Crippen LogP contribution is 2.30. The van der Waals surface area contributed by atoms with Crippen molar-refractivity contribution in [1.29, 1.82) is 0 Å². The van der Waals surface area contributed by atoms with E-state index in [1.807, 2.05) is 55.5 Å². The third kappa shape index (κ3) is 4.47. The number of ether oxygens (including phenoxy) is 1. The van der Waals surface area contributed by atoms with Gasteiger partial charge in [-0.3, -0.25) is 14.6 Å². The van der Waals surface area contributed by atoms with Crippen LogP contribution in [0.5, 0.6) is 5.75 Å². The molecule has 1 fully saturated rings. The molecule has 0 radical (unpaired) electrons. The summed E-state index contributed by atoms with van der Waals surface area (Å²) in [4.78, 5) is 32.4. The van der Waals surface area contributed by atoms with E-state index < -0.39 is 6.04 Å². The van der Waals surface area contributed by atoms with Crippen molar-refractivity contribution in [1.82, 2.24) is 15.3 Å². The summed E-state index contributed by atoms with van der Waals surface area (Å²) in [6, 6.07) is 15.0. The van der Waals surface area contributed by atoms with Crippen LogP contribution < -0.4 is 10.1 Å². The van der Waals surface area contributed by atoms with Crippen molar-refractivity contribution < 1.29 is 18.7 Å². The number of hydrogen-bond donors (Lipinski definition) is 1. The van der Waals surface area contributed by atoms with Gasteiger partial charge in [0.2, 0.25) is 11.0 Å². The molecule has 1 saturated heterocycles. The minimum atomic E-state index is -0.522. The van der Waals surface area contributed by atoms with Crippen molar-refractivity contribution in [2.75, 3.05) is 6.61 Å². The van der Waals surface area contributed by atoms with E-state index in [0.717, 1.165) is 50.9 Å². The van der Waals surface area contributed by atoms with Crippen molar-refractivity contribution in [3.8, 4) is 17.2 Å². The highest BCUT2D eigenvalue weighted by atomic mass is 32.2. The molecule has 1 aliphatic heterocycles. The van der Waals surface area contributed by atoms with Gasteiger partial charge in [-0.1, -0.05) is 24.3 Å². The van der Waals surface area contributed by atoms with Gasteiger partial charge in [0, 0.05) is 53.3 Å². The van der Waals surface area contributed by atoms with Crippen LogP contribution in [0.15, 0.2) is 65.3 Å².